The van der Waals surface area contributed by atoms with Crippen LogP contribution in [0.15, 0.2) is 48.5 Å². The second-order valence-electron chi connectivity index (χ2n) is 16.9. The van der Waals surface area contributed by atoms with Crippen LogP contribution < -0.4 is 15.2 Å². The Hall–Kier alpha value is -2.39. The van der Waals surface area contributed by atoms with Gasteiger partial charge in [0.1, 0.15) is 17.3 Å². The third kappa shape index (κ3) is 16.1. The van der Waals surface area contributed by atoms with Crippen molar-refractivity contribution in [3.8, 4) is 11.5 Å². The molecule has 3 N–H and O–H groups in total. The zero-order valence-corrected chi connectivity index (χ0v) is 34.0. The first kappa shape index (κ1) is 45.0. The Labute approximate surface area is 325 Å². The van der Waals surface area contributed by atoms with Crippen molar-refractivity contribution in [2.75, 3.05) is 59.6 Å². The van der Waals surface area contributed by atoms with E-state index in [0.29, 0.717) is 23.7 Å². The average molecular weight is 731 g/mol. The minimum atomic E-state index is 0. The van der Waals surface area contributed by atoms with Gasteiger partial charge in [0, 0.05) is 73.7 Å². The number of nitrogens with zero attached hydrogens (tertiary/aromatic N) is 2. The van der Waals surface area contributed by atoms with Gasteiger partial charge in [0.25, 0.3) is 0 Å². The number of likely N-dealkylation sites (tertiary alicyclic amines) is 2. The number of piperidine rings is 2. The lowest BCUT2D eigenvalue weighted by molar-refractivity contribution is -0.120. The molecule has 2 aromatic rings. The molecule has 0 amide bonds. The van der Waals surface area contributed by atoms with Gasteiger partial charge in [-0.2, -0.15) is 0 Å². The molecule has 2 saturated carbocycles. The molecule has 3 radical (unpaired) electrons. The number of hydrogen-bond donors (Lipinski definition) is 2. The van der Waals surface area contributed by atoms with Crippen molar-refractivity contribution in [1.82, 2.24) is 9.80 Å². The Morgan fingerprint density at radius 1 is 0.604 bits per heavy atom. The fourth-order valence-electron chi connectivity index (χ4n) is 9.30. The van der Waals surface area contributed by atoms with E-state index in [2.05, 4.69) is 86.0 Å². The van der Waals surface area contributed by atoms with Gasteiger partial charge < -0.3 is 30.1 Å². The molecular weight excluding hydrogens is 657 g/mol. The number of aliphatic hydroxyl groups is 1. The number of rotatable bonds is 12. The highest BCUT2D eigenvalue weighted by molar-refractivity contribution is 5.79. The number of Topliss-reactive ketones (excluding diaryl/α,β-unsaturated/α-hetero) is 1. The number of hydrogen-bond acceptors (Lipinski definition) is 7. The SMILES string of the molecule is CO.C[C@H]1C[C@H](C)CN(CCCOc2ccc(C3CCC(=O)CC3)cc2)C1.C[C@H]1C[C@H](C)CN(CCCOc2ccc(C3CCC(N)CC3)cc2)C1.[B]. The quantitative estimate of drug-likeness (QED) is 0.168. The van der Waals surface area contributed by atoms with Crippen molar-refractivity contribution in [3.63, 3.8) is 0 Å². The minimum Gasteiger partial charge on any atom is -0.494 e. The van der Waals surface area contributed by atoms with Gasteiger partial charge in [-0.25, -0.2) is 0 Å². The average Bonchev–Trinajstić information content (AvgIpc) is 3.14. The maximum atomic E-state index is 11.4. The van der Waals surface area contributed by atoms with Crippen molar-refractivity contribution in [3.05, 3.63) is 59.7 Å². The number of benzene rings is 2. The summed E-state index contributed by atoms with van der Waals surface area (Å²) in [4.78, 5) is 16.6. The van der Waals surface area contributed by atoms with Crippen LogP contribution in [-0.4, -0.2) is 94.7 Å². The van der Waals surface area contributed by atoms with E-state index in [0.717, 1.165) is 120 Å². The molecular formula is C45H73BN3O4. The van der Waals surface area contributed by atoms with Crippen LogP contribution in [-0.2, 0) is 4.79 Å². The molecule has 2 aliphatic heterocycles. The van der Waals surface area contributed by atoms with Crippen molar-refractivity contribution in [2.45, 2.75) is 123 Å². The number of carbonyl (C=O) groups is 1. The van der Waals surface area contributed by atoms with Gasteiger partial charge in [-0.05, 0) is 135 Å². The largest absolute Gasteiger partial charge is 0.494 e. The number of aliphatic hydroxyl groups excluding tert-OH is 1. The third-order valence-electron chi connectivity index (χ3n) is 11.7. The fraction of sp³-hybridized carbons (Fsp3) is 0.711. The predicted molar refractivity (Wildman–Crippen MR) is 221 cm³/mol. The predicted octanol–water partition coefficient (Wildman–Crippen LogP) is 8.31. The van der Waals surface area contributed by atoms with Gasteiger partial charge >= 0.3 is 0 Å². The first-order chi connectivity index (χ1) is 25.2. The Morgan fingerprint density at radius 3 is 1.34 bits per heavy atom. The fourth-order valence-corrected chi connectivity index (χ4v) is 9.30. The van der Waals surface area contributed by atoms with Crippen molar-refractivity contribution >= 4 is 14.2 Å². The third-order valence-corrected chi connectivity index (χ3v) is 11.7. The van der Waals surface area contributed by atoms with Crippen LogP contribution in [0.5, 0.6) is 11.5 Å². The molecule has 4 aliphatic rings. The highest BCUT2D eigenvalue weighted by Crippen LogP contribution is 2.34. The van der Waals surface area contributed by atoms with Crippen molar-refractivity contribution < 1.29 is 19.4 Å². The van der Waals surface area contributed by atoms with Gasteiger partial charge in [-0.3, -0.25) is 4.79 Å². The summed E-state index contributed by atoms with van der Waals surface area (Å²) in [6, 6.07) is 17.8. The minimum absolute atomic E-state index is 0. The standard InChI is InChI=1S/C22H36N2O.C22H33NO2.CH4O.B/c1-17-14-18(2)16-24(15-17)12-3-13-25-22-10-6-20(7-11-22)19-4-8-21(23)9-5-19;1-17-14-18(2)16-23(15-17)12-3-13-25-22-10-6-20(7-11-22)19-4-8-21(24)9-5-19;1-2;/h6-7,10-11,17-19,21H,3-5,8-9,12-16,23H2,1-2H3;6-7,10-11,17-19H,3-5,8-9,12-16H2,1-2H3;2H,1H3;/t17-,18-,19?,21?;17-,18-;;/m00../s1. The van der Waals surface area contributed by atoms with E-state index in [-0.39, 0.29) is 8.41 Å². The molecule has 6 rings (SSSR count). The zero-order valence-electron chi connectivity index (χ0n) is 34.0. The highest BCUT2D eigenvalue weighted by Gasteiger charge is 2.23. The summed E-state index contributed by atoms with van der Waals surface area (Å²) in [5.41, 5.74) is 8.82. The molecule has 53 heavy (non-hydrogen) atoms. The van der Waals surface area contributed by atoms with E-state index in [4.69, 9.17) is 20.3 Å². The molecule has 0 spiro atoms. The maximum Gasteiger partial charge on any atom is 0.132 e. The van der Waals surface area contributed by atoms with Crippen LogP contribution in [0, 0.1) is 23.7 Å². The smallest absolute Gasteiger partial charge is 0.132 e. The molecule has 4 fully saturated rings. The summed E-state index contributed by atoms with van der Waals surface area (Å²) in [7, 11) is 1.00. The Bertz CT molecular complexity index is 1240. The summed E-state index contributed by atoms with van der Waals surface area (Å²) < 4.78 is 11.9. The molecule has 8 heteroatoms. The lowest BCUT2D eigenvalue weighted by atomic mass is 9.82. The van der Waals surface area contributed by atoms with E-state index in [1.165, 1.54) is 63.0 Å². The summed E-state index contributed by atoms with van der Waals surface area (Å²) in [6.07, 6.45) is 13.2. The number of nitrogens with two attached hydrogens (primary N) is 1. The molecule has 0 bridgehead atoms. The lowest BCUT2D eigenvalue weighted by Crippen LogP contribution is -2.39. The van der Waals surface area contributed by atoms with E-state index in [9.17, 15) is 4.79 Å². The Morgan fingerprint density at radius 2 is 0.962 bits per heavy atom. The van der Waals surface area contributed by atoms with Crippen LogP contribution in [0.4, 0.5) is 0 Å². The summed E-state index contributed by atoms with van der Waals surface area (Å²) in [5.74, 6) is 6.98. The van der Waals surface area contributed by atoms with Crippen molar-refractivity contribution in [2.24, 2.45) is 29.4 Å². The Kier molecular flexibility index (Phi) is 20.5. The number of ketones is 1. The molecule has 2 saturated heterocycles. The van der Waals surface area contributed by atoms with E-state index in [1.807, 2.05) is 0 Å². The van der Waals surface area contributed by atoms with E-state index >= 15 is 0 Å². The van der Waals surface area contributed by atoms with E-state index < -0.39 is 0 Å². The van der Waals surface area contributed by atoms with Gasteiger partial charge in [-0.1, -0.05) is 52.0 Å². The maximum absolute atomic E-state index is 11.4. The lowest BCUT2D eigenvalue weighted by Gasteiger charge is -2.34. The van der Waals surface area contributed by atoms with Crippen LogP contribution in [0.25, 0.3) is 0 Å². The summed E-state index contributed by atoms with van der Waals surface area (Å²) >= 11 is 0. The molecule has 2 aromatic carbocycles. The Balaban J connectivity index is 0.000000268. The first-order valence-corrected chi connectivity index (χ1v) is 20.8. The van der Waals surface area contributed by atoms with Gasteiger partial charge in [0.15, 0.2) is 0 Å². The number of ether oxygens (including phenoxy) is 2. The van der Waals surface area contributed by atoms with Crippen LogP contribution in [0.3, 0.4) is 0 Å². The first-order valence-electron chi connectivity index (χ1n) is 20.8. The van der Waals surface area contributed by atoms with Crippen LogP contribution in [0.2, 0.25) is 0 Å². The number of carbonyl (C=O) groups excluding carboxylic acids is 1. The molecule has 4 atom stereocenters. The molecule has 2 heterocycles. The van der Waals surface area contributed by atoms with Gasteiger partial charge in [0.05, 0.1) is 13.2 Å². The summed E-state index contributed by atoms with van der Waals surface area (Å²) in [5, 5.41) is 7.00. The highest BCUT2D eigenvalue weighted by atomic mass is 16.5. The second kappa shape index (κ2) is 24.2. The molecule has 295 valence electrons. The normalized spacial score (nSPS) is 27.0. The zero-order chi connectivity index (χ0) is 37.3. The second-order valence-corrected chi connectivity index (χ2v) is 16.9. The van der Waals surface area contributed by atoms with Gasteiger partial charge in [-0.15, -0.1) is 0 Å². The molecule has 2 aliphatic carbocycles. The molecule has 0 unspecified atom stereocenters. The van der Waals surface area contributed by atoms with Gasteiger partial charge in [0.2, 0.25) is 0 Å². The van der Waals surface area contributed by atoms with Crippen LogP contribution >= 0.6 is 0 Å². The monoisotopic (exact) mass is 731 g/mol. The van der Waals surface area contributed by atoms with E-state index in [1.54, 1.807) is 0 Å². The molecule has 0 aromatic heterocycles. The summed E-state index contributed by atoms with van der Waals surface area (Å²) in [6.45, 7) is 18.4. The van der Waals surface area contributed by atoms with Crippen molar-refractivity contribution in [1.29, 1.82) is 0 Å². The molecule has 7 nitrogen and oxygen atoms in total. The topological polar surface area (TPSA) is 88.3 Å². The van der Waals surface area contributed by atoms with Crippen LogP contribution in [0.1, 0.15) is 128 Å².